The van der Waals surface area contributed by atoms with Gasteiger partial charge in [-0.15, -0.1) is 0 Å². The second-order valence-corrected chi connectivity index (χ2v) is 5.84. The molecule has 120 valence electrons. The molecule has 0 aliphatic carbocycles. The SMILES string of the molecule is COc1cccc(-c2nc3c4cccnc4c4ncccc4c3[nH]2)c1. The number of nitrogens with one attached hydrogen (secondary N) is 1. The van der Waals surface area contributed by atoms with Crippen LogP contribution in [0.25, 0.3) is 44.2 Å². The number of hydrogen-bond donors (Lipinski definition) is 1. The molecular weight excluding hydrogens is 312 g/mol. The zero-order valence-corrected chi connectivity index (χ0v) is 13.5. The third-order valence-electron chi connectivity index (χ3n) is 4.41. The van der Waals surface area contributed by atoms with Crippen molar-refractivity contribution in [2.45, 2.75) is 0 Å². The predicted octanol–water partition coefficient (Wildman–Crippen LogP) is 4.33. The second kappa shape index (κ2) is 5.27. The highest BCUT2D eigenvalue weighted by molar-refractivity contribution is 6.20. The number of rotatable bonds is 2. The Kier molecular flexibility index (Phi) is 2.94. The van der Waals surface area contributed by atoms with E-state index in [9.17, 15) is 0 Å². The summed E-state index contributed by atoms with van der Waals surface area (Å²) in [5, 5.41) is 2.01. The fourth-order valence-corrected chi connectivity index (χ4v) is 3.25. The van der Waals surface area contributed by atoms with Crippen LogP contribution in [0.2, 0.25) is 0 Å². The summed E-state index contributed by atoms with van der Waals surface area (Å²) in [6.45, 7) is 0. The van der Waals surface area contributed by atoms with Crippen LogP contribution in [0, 0.1) is 0 Å². The summed E-state index contributed by atoms with van der Waals surface area (Å²) in [7, 11) is 1.66. The molecule has 0 saturated carbocycles. The zero-order valence-electron chi connectivity index (χ0n) is 13.5. The molecule has 0 unspecified atom stereocenters. The molecule has 0 amide bonds. The molecule has 0 aliphatic heterocycles. The fraction of sp³-hybridized carbons (Fsp3) is 0.0500. The number of imidazole rings is 1. The summed E-state index contributed by atoms with van der Waals surface area (Å²) in [6.07, 6.45) is 3.58. The van der Waals surface area contributed by atoms with Gasteiger partial charge in [0.25, 0.3) is 0 Å². The molecule has 0 spiro atoms. The first-order chi connectivity index (χ1) is 12.3. The average molecular weight is 326 g/mol. The van der Waals surface area contributed by atoms with Crippen LogP contribution in [-0.2, 0) is 0 Å². The van der Waals surface area contributed by atoms with Gasteiger partial charge in [-0.05, 0) is 36.4 Å². The molecule has 5 heteroatoms. The average Bonchev–Trinajstić information content (AvgIpc) is 3.14. The number of ether oxygens (including phenoxy) is 1. The normalized spacial score (nSPS) is 11.4. The van der Waals surface area contributed by atoms with Crippen molar-refractivity contribution >= 4 is 32.8 Å². The van der Waals surface area contributed by atoms with E-state index in [1.807, 2.05) is 48.5 Å². The Bertz CT molecular complexity index is 1170. The summed E-state index contributed by atoms with van der Waals surface area (Å²) < 4.78 is 5.33. The van der Waals surface area contributed by atoms with E-state index in [0.717, 1.165) is 50.0 Å². The lowest BCUT2D eigenvalue weighted by Crippen LogP contribution is -1.86. The molecule has 0 atom stereocenters. The number of fused-ring (bicyclic) bond motifs is 6. The molecule has 5 rings (SSSR count). The highest BCUT2D eigenvalue weighted by Crippen LogP contribution is 2.33. The molecule has 5 nitrogen and oxygen atoms in total. The maximum absolute atomic E-state index is 5.33. The smallest absolute Gasteiger partial charge is 0.138 e. The van der Waals surface area contributed by atoms with E-state index in [0.29, 0.717) is 0 Å². The van der Waals surface area contributed by atoms with Gasteiger partial charge < -0.3 is 9.72 Å². The van der Waals surface area contributed by atoms with Gasteiger partial charge in [0.05, 0.1) is 29.2 Å². The maximum Gasteiger partial charge on any atom is 0.138 e. The first kappa shape index (κ1) is 13.9. The number of benzene rings is 2. The van der Waals surface area contributed by atoms with Gasteiger partial charge in [0.2, 0.25) is 0 Å². The maximum atomic E-state index is 5.33. The standard InChI is InChI=1S/C20H14N4O/c1-25-13-6-2-5-12(11-13)20-23-18-14-7-3-9-21-16(14)17-15(19(18)24-20)8-4-10-22-17/h2-11H,1H3,(H,23,24). The molecule has 1 N–H and O–H groups in total. The third kappa shape index (κ3) is 2.06. The molecule has 0 radical (unpaired) electrons. The van der Waals surface area contributed by atoms with E-state index in [2.05, 4.69) is 15.0 Å². The van der Waals surface area contributed by atoms with Crippen molar-refractivity contribution in [3.05, 3.63) is 60.9 Å². The van der Waals surface area contributed by atoms with Gasteiger partial charge in [-0.25, -0.2) is 4.98 Å². The van der Waals surface area contributed by atoms with Crippen molar-refractivity contribution in [1.82, 2.24) is 19.9 Å². The minimum Gasteiger partial charge on any atom is -0.497 e. The molecule has 0 aliphatic rings. The van der Waals surface area contributed by atoms with Crippen molar-refractivity contribution in [2.75, 3.05) is 7.11 Å². The van der Waals surface area contributed by atoms with Crippen molar-refractivity contribution < 1.29 is 4.74 Å². The number of methoxy groups -OCH3 is 1. The Morgan fingerprint density at radius 3 is 2.40 bits per heavy atom. The van der Waals surface area contributed by atoms with Crippen LogP contribution in [0.1, 0.15) is 0 Å². The Morgan fingerprint density at radius 2 is 1.60 bits per heavy atom. The predicted molar refractivity (Wildman–Crippen MR) is 98.7 cm³/mol. The Labute approximate surface area is 143 Å². The molecule has 5 aromatic rings. The van der Waals surface area contributed by atoms with Crippen LogP contribution in [0.15, 0.2) is 60.9 Å². The monoisotopic (exact) mass is 326 g/mol. The van der Waals surface area contributed by atoms with Gasteiger partial charge >= 0.3 is 0 Å². The van der Waals surface area contributed by atoms with Crippen molar-refractivity contribution in [3.63, 3.8) is 0 Å². The fourth-order valence-electron chi connectivity index (χ4n) is 3.25. The van der Waals surface area contributed by atoms with Crippen LogP contribution >= 0.6 is 0 Å². The van der Waals surface area contributed by atoms with Crippen LogP contribution < -0.4 is 4.74 Å². The number of hydrogen-bond acceptors (Lipinski definition) is 4. The van der Waals surface area contributed by atoms with E-state index in [1.54, 1.807) is 19.5 Å². The van der Waals surface area contributed by atoms with Crippen molar-refractivity contribution in [3.8, 4) is 17.1 Å². The van der Waals surface area contributed by atoms with E-state index < -0.39 is 0 Å². The van der Waals surface area contributed by atoms with Gasteiger partial charge in [0.1, 0.15) is 11.6 Å². The van der Waals surface area contributed by atoms with Gasteiger partial charge in [-0.1, -0.05) is 12.1 Å². The van der Waals surface area contributed by atoms with Crippen molar-refractivity contribution in [2.24, 2.45) is 0 Å². The minimum absolute atomic E-state index is 0.801. The number of aromatic amines is 1. The van der Waals surface area contributed by atoms with E-state index in [4.69, 9.17) is 9.72 Å². The Balaban J connectivity index is 1.90. The molecule has 0 bridgehead atoms. The van der Waals surface area contributed by atoms with Gasteiger partial charge in [-0.2, -0.15) is 0 Å². The van der Waals surface area contributed by atoms with E-state index in [-0.39, 0.29) is 0 Å². The van der Waals surface area contributed by atoms with E-state index >= 15 is 0 Å². The largest absolute Gasteiger partial charge is 0.497 e. The number of pyridine rings is 2. The highest BCUT2D eigenvalue weighted by Gasteiger charge is 2.15. The first-order valence-corrected chi connectivity index (χ1v) is 8.01. The summed E-state index contributed by atoms with van der Waals surface area (Å²) >= 11 is 0. The Morgan fingerprint density at radius 1 is 0.840 bits per heavy atom. The molecule has 3 aromatic heterocycles. The zero-order chi connectivity index (χ0) is 16.8. The topological polar surface area (TPSA) is 63.7 Å². The van der Waals surface area contributed by atoms with Crippen LogP contribution in [0.4, 0.5) is 0 Å². The van der Waals surface area contributed by atoms with Crippen LogP contribution in [-0.4, -0.2) is 27.0 Å². The molecular formula is C20H14N4O. The van der Waals surface area contributed by atoms with Gasteiger partial charge in [-0.3, -0.25) is 9.97 Å². The van der Waals surface area contributed by atoms with Crippen LogP contribution in [0.5, 0.6) is 5.75 Å². The number of nitrogens with zero attached hydrogens (tertiary/aromatic N) is 3. The molecule has 25 heavy (non-hydrogen) atoms. The van der Waals surface area contributed by atoms with E-state index in [1.165, 1.54) is 0 Å². The number of aromatic nitrogens is 4. The van der Waals surface area contributed by atoms with Crippen LogP contribution in [0.3, 0.4) is 0 Å². The number of H-pyrrole nitrogens is 1. The summed E-state index contributed by atoms with van der Waals surface area (Å²) in [5.41, 5.74) is 4.60. The minimum atomic E-state index is 0.801. The first-order valence-electron chi connectivity index (χ1n) is 8.01. The lowest BCUT2D eigenvalue weighted by molar-refractivity contribution is 0.415. The summed E-state index contributed by atoms with van der Waals surface area (Å²) in [5.74, 6) is 1.60. The van der Waals surface area contributed by atoms with Crippen molar-refractivity contribution in [1.29, 1.82) is 0 Å². The highest BCUT2D eigenvalue weighted by atomic mass is 16.5. The lowest BCUT2D eigenvalue weighted by Gasteiger charge is -2.03. The lowest BCUT2D eigenvalue weighted by atomic mass is 10.1. The molecule has 3 heterocycles. The summed E-state index contributed by atoms with van der Waals surface area (Å²) in [6, 6.07) is 15.8. The molecule has 0 saturated heterocycles. The Hall–Kier alpha value is -3.47. The summed E-state index contributed by atoms with van der Waals surface area (Å²) in [4.78, 5) is 17.4. The molecule has 2 aromatic carbocycles. The third-order valence-corrected chi connectivity index (χ3v) is 4.41. The molecule has 0 fully saturated rings. The van der Waals surface area contributed by atoms with Gasteiger partial charge in [0, 0.05) is 28.7 Å². The second-order valence-electron chi connectivity index (χ2n) is 5.84. The quantitative estimate of drug-likeness (QED) is 0.490. The van der Waals surface area contributed by atoms with Gasteiger partial charge in [0.15, 0.2) is 0 Å².